The average molecular weight is 163 g/mol. The van der Waals surface area contributed by atoms with Crippen molar-refractivity contribution in [2.45, 2.75) is 0 Å². The van der Waals surface area contributed by atoms with Gasteiger partial charge in [0.05, 0.1) is 11.4 Å². The van der Waals surface area contributed by atoms with Crippen LogP contribution in [0.4, 0.5) is 11.5 Å². The number of aromatic nitrogens is 1. The summed E-state index contributed by atoms with van der Waals surface area (Å²) in [5.41, 5.74) is 1.85. The van der Waals surface area contributed by atoms with Crippen LogP contribution >= 0.6 is 0 Å². The first kappa shape index (κ1) is 8.59. The maximum Gasteiger partial charge on any atom is 0.126 e. The van der Waals surface area contributed by atoms with Crippen molar-refractivity contribution in [2.24, 2.45) is 0 Å². The molecule has 0 aliphatic carbocycles. The third-order valence-electron chi connectivity index (χ3n) is 1.64. The average Bonchev–Trinajstić information content (AvgIpc) is 2.16. The Morgan fingerprint density at radius 1 is 1.33 bits per heavy atom. The van der Waals surface area contributed by atoms with Crippen LogP contribution in [-0.2, 0) is 0 Å². The molecule has 0 spiro atoms. The van der Waals surface area contributed by atoms with Gasteiger partial charge in [-0.2, -0.15) is 0 Å². The van der Waals surface area contributed by atoms with Crippen molar-refractivity contribution in [1.29, 1.82) is 0 Å². The molecular formula is C9H13N3. The van der Waals surface area contributed by atoms with Gasteiger partial charge in [0.1, 0.15) is 5.82 Å². The molecule has 0 aliphatic heterocycles. The van der Waals surface area contributed by atoms with Gasteiger partial charge in [0.2, 0.25) is 0 Å². The third-order valence-corrected chi connectivity index (χ3v) is 1.64. The normalized spacial score (nSPS) is 9.17. The summed E-state index contributed by atoms with van der Waals surface area (Å²) in [6.07, 6.45) is 1.73. The molecule has 0 saturated heterocycles. The number of rotatable bonds is 3. The lowest BCUT2D eigenvalue weighted by Crippen LogP contribution is -1.98. The Morgan fingerprint density at radius 3 is 2.58 bits per heavy atom. The Morgan fingerprint density at radius 2 is 2.08 bits per heavy atom. The molecule has 0 bridgehead atoms. The van der Waals surface area contributed by atoms with Crippen LogP contribution in [0, 0.1) is 0 Å². The Bertz CT molecular complexity index is 281. The van der Waals surface area contributed by atoms with Crippen molar-refractivity contribution < 1.29 is 0 Å². The van der Waals surface area contributed by atoms with E-state index in [1.54, 1.807) is 6.08 Å². The summed E-state index contributed by atoms with van der Waals surface area (Å²) in [6, 6.07) is 3.88. The minimum Gasteiger partial charge on any atom is -0.386 e. The Kier molecular flexibility index (Phi) is 2.69. The Balaban J connectivity index is 3.10. The SMILES string of the molecule is C=Cc1nc(NC)ccc1NC. The highest BCUT2D eigenvalue weighted by atomic mass is 15.0. The molecule has 2 N–H and O–H groups in total. The Labute approximate surface area is 72.5 Å². The highest BCUT2D eigenvalue weighted by molar-refractivity contribution is 5.64. The molecule has 3 heteroatoms. The van der Waals surface area contributed by atoms with Crippen molar-refractivity contribution in [3.63, 3.8) is 0 Å². The van der Waals surface area contributed by atoms with Gasteiger partial charge in [-0.1, -0.05) is 6.58 Å². The molecule has 0 unspecified atom stereocenters. The fraction of sp³-hybridized carbons (Fsp3) is 0.222. The summed E-state index contributed by atoms with van der Waals surface area (Å²) in [5, 5.41) is 6.00. The lowest BCUT2D eigenvalue weighted by Gasteiger charge is -2.06. The van der Waals surface area contributed by atoms with Crippen LogP contribution in [0.25, 0.3) is 6.08 Å². The largest absolute Gasteiger partial charge is 0.386 e. The second-order valence-corrected chi connectivity index (χ2v) is 2.33. The number of nitrogens with one attached hydrogen (secondary N) is 2. The number of hydrogen-bond donors (Lipinski definition) is 2. The molecule has 0 aromatic carbocycles. The van der Waals surface area contributed by atoms with Crippen molar-refractivity contribution in [3.8, 4) is 0 Å². The molecule has 1 heterocycles. The molecule has 1 aromatic rings. The zero-order valence-electron chi connectivity index (χ0n) is 7.39. The fourth-order valence-electron chi connectivity index (χ4n) is 0.981. The molecular weight excluding hydrogens is 150 g/mol. The van der Waals surface area contributed by atoms with Crippen LogP contribution in [-0.4, -0.2) is 19.1 Å². The highest BCUT2D eigenvalue weighted by Crippen LogP contribution is 2.16. The fourth-order valence-corrected chi connectivity index (χ4v) is 0.981. The minimum absolute atomic E-state index is 0.851. The summed E-state index contributed by atoms with van der Waals surface area (Å²) in [5.74, 6) is 0.851. The van der Waals surface area contributed by atoms with Gasteiger partial charge < -0.3 is 10.6 Å². The van der Waals surface area contributed by atoms with E-state index in [1.165, 1.54) is 0 Å². The smallest absolute Gasteiger partial charge is 0.126 e. The van der Waals surface area contributed by atoms with E-state index in [1.807, 2.05) is 26.2 Å². The van der Waals surface area contributed by atoms with E-state index >= 15 is 0 Å². The van der Waals surface area contributed by atoms with Gasteiger partial charge in [-0.25, -0.2) is 4.98 Å². The standard InChI is InChI=1S/C9H13N3/c1-4-7-8(10-2)5-6-9(11-3)12-7/h4-6,10H,1H2,2-3H3,(H,11,12). The molecule has 0 amide bonds. The zero-order valence-corrected chi connectivity index (χ0v) is 7.39. The van der Waals surface area contributed by atoms with Gasteiger partial charge in [0.25, 0.3) is 0 Å². The first-order valence-corrected chi connectivity index (χ1v) is 3.80. The third kappa shape index (κ3) is 1.56. The topological polar surface area (TPSA) is 37.0 Å². The molecule has 0 fully saturated rings. The monoisotopic (exact) mass is 163 g/mol. The van der Waals surface area contributed by atoms with E-state index in [4.69, 9.17) is 0 Å². The number of nitrogens with zero attached hydrogens (tertiary/aromatic N) is 1. The molecule has 3 nitrogen and oxygen atoms in total. The summed E-state index contributed by atoms with van der Waals surface area (Å²) in [4.78, 5) is 4.29. The van der Waals surface area contributed by atoms with Crippen LogP contribution in [0.3, 0.4) is 0 Å². The van der Waals surface area contributed by atoms with Gasteiger partial charge >= 0.3 is 0 Å². The molecule has 1 aromatic heterocycles. The zero-order chi connectivity index (χ0) is 8.97. The van der Waals surface area contributed by atoms with Gasteiger partial charge in [0.15, 0.2) is 0 Å². The van der Waals surface area contributed by atoms with Gasteiger partial charge in [-0.3, -0.25) is 0 Å². The lowest BCUT2D eigenvalue weighted by molar-refractivity contribution is 1.25. The highest BCUT2D eigenvalue weighted by Gasteiger charge is 1.98. The van der Waals surface area contributed by atoms with Crippen LogP contribution in [0.1, 0.15) is 5.69 Å². The van der Waals surface area contributed by atoms with Crippen molar-refractivity contribution in [3.05, 3.63) is 24.4 Å². The van der Waals surface area contributed by atoms with E-state index in [0.29, 0.717) is 0 Å². The molecule has 0 radical (unpaired) electrons. The van der Waals surface area contributed by atoms with E-state index in [9.17, 15) is 0 Å². The van der Waals surface area contributed by atoms with Crippen molar-refractivity contribution in [1.82, 2.24) is 4.98 Å². The summed E-state index contributed by atoms with van der Waals surface area (Å²) >= 11 is 0. The number of anilines is 2. The van der Waals surface area contributed by atoms with Crippen molar-refractivity contribution in [2.75, 3.05) is 24.7 Å². The van der Waals surface area contributed by atoms with E-state index in [-0.39, 0.29) is 0 Å². The van der Waals surface area contributed by atoms with Crippen LogP contribution in [0.2, 0.25) is 0 Å². The minimum atomic E-state index is 0.851. The first-order valence-electron chi connectivity index (χ1n) is 3.80. The molecule has 0 saturated carbocycles. The molecule has 12 heavy (non-hydrogen) atoms. The van der Waals surface area contributed by atoms with E-state index in [0.717, 1.165) is 17.2 Å². The maximum atomic E-state index is 4.29. The second-order valence-electron chi connectivity index (χ2n) is 2.33. The number of hydrogen-bond acceptors (Lipinski definition) is 3. The van der Waals surface area contributed by atoms with Gasteiger partial charge in [0, 0.05) is 14.1 Å². The number of pyridine rings is 1. The lowest BCUT2D eigenvalue weighted by atomic mass is 10.3. The van der Waals surface area contributed by atoms with Gasteiger partial charge in [-0.05, 0) is 18.2 Å². The van der Waals surface area contributed by atoms with Gasteiger partial charge in [-0.15, -0.1) is 0 Å². The summed E-state index contributed by atoms with van der Waals surface area (Å²) in [6.45, 7) is 3.68. The van der Waals surface area contributed by atoms with Crippen LogP contribution < -0.4 is 10.6 Å². The predicted octanol–water partition coefficient (Wildman–Crippen LogP) is 1.81. The second kappa shape index (κ2) is 3.76. The molecule has 0 aliphatic rings. The molecule has 0 atom stereocenters. The molecule has 64 valence electrons. The first-order chi connectivity index (χ1) is 5.81. The summed E-state index contributed by atoms with van der Waals surface area (Å²) in [7, 11) is 3.71. The maximum absolute atomic E-state index is 4.29. The van der Waals surface area contributed by atoms with Crippen LogP contribution in [0.5, 0.6) is 0 Å². The van der Waals surface area contributed by atoms with Crippen molar-refractivity contribution >= 4 is 17.6 Å². The summed E-state index contributed by atoms with van der Waals surface area (Å²) < 4.78 is 0. The van der Waals surface area contributed by atoms with Crippen LogP contribution in [0.15, 0.2) is 18.7 Å². The Hall–Kier alpha value is -1.51. The quantitative estimate of drug-likeness (QED) is 0.713. The predicted molar refractivity (Wildman–Crippen MR) is 53.4 cm³/mol. The van der Waals surface area contributed by atoms with E-state index in [2.05, 4.69) is 22.2 Å². The van der Waals surface area contributed by atoms with E-state index < -0.39 is 0 Å². The molecule has 1 rings (SSSR count).